The van der Waals surface area contributed by atoms with Crippen molar-refractivity contribution in [3.63, 3.8) is 0 Å². The molecule has 1 N–H and O–H groups in total. The van der Waals surface area contributed by atoms with Crippen LogP contribution in [0.15, 0.2) is 6.20 Å². The van der Waals surface area contributed by atoms with E-state index < -0.39 is 0 Å². The van der Waals surface area contributed by atoms with Gasteiger partial charge in [-0.15, -0.1) is 0 Å². The van der Waals surface area contributed by atoms with E-state index in [0.29, 0.717) is 6.61 Å². The summed E-state index contributed by atoms with van der Waals surface area (Å²) in [5, 5.41) is 7.68. The topological polar surface area (TPSA) is 48.3 Å². The summed E-state index contributed by atoms with van der Waals surface area (Å²) in [4.78, 5) is 0. The predicted octanol–water partition coefficient (Wildman–Crippen LogP) is 2.28. The van der Waals surface area contributed by atoms with E-state index in [0.717, 1.165) is 24.3 Å². The van der Waals surface area contributed by atoms with Gasteiger partial charge in [-0.1, -0.05) is 13.8 Å². The number of methoxy groups -OCH3 is 1. The average molecular weight is 269 g/mol. The highest BCUT2D eigenvalue weighted by Gasteiger charge is 2.40. The summed E-state index contributed by atoms with van der Waals surface area (Å²) in [6, 6.07) is 0.0462. The van der Waals surface area contributed by atoms with Gasteiger partial charge in [0, 0.05) is 13.7 Å². The Bertz CT molecular complexity index is 386. The van der Waals surface area contributed by atoms with Gasteiger partial charge >= 0.3 is 0 Å². The average Bonchev–Trinajstić information content (AvgIpc) is 2.80. The lowest BCUT2D eigenvalue weighted by atomic mass is 9.85. The van der Waals surface area contributed by atoms with Crippen LogP contribution in [-0.4, -0.2) is 36.1 Å². The number of nitrogens with zero attached hydrogens (tertiary/aromatic N) is 2. The van der Waals surface area contributed by atoms with Crippen molar-refractivity contribution in [2.45, 2.75) is 45.3 Å². The van der Waals surface area contributed by atoms with E-state index >= 15 is 0 Å². The van der Waals surface area contributed by atoms with Gasteiger partial charge in [-0.05, 0) is 26.8 Å². The molecule has 0 aliphatic heterocycles. The first-order valence-corrected chi connectivity index (χ1v) is 6.97. The Labute approximate surface area is 116 Å². The van der Waals surface area contributed by atoms with Crippen LogP contribution in [-0.2, 0) is 11.8 Å². The lowest BCUT2D eigenvalue weighted by molar-refractivity contribution is -0.0738. The van der Waals surface area contributed by atoms with E-state index in [1.807, 2.05) is 25.7 Å². The van der Waals surface area contributed by atoms with Crippen LogP contribution < -0.4 is 10.1 Å². The Kier molecular flexibility index (Phi) is 5.82. The van der Waals surface area contributed by atoms with Crippen molar-refractivity contribution in [1.82, 2.24) is 15.1 Å². The molecule has 0 aliphatic carbocycles. The SMILES string of the molecule is CCOC(CC)(CC)C(NC)c1c(OC)cnn1C. The van der Waals surface area contributed by atoms with Gasteiger partial charge in [0.05, 0.1) is 30.6 Å². The summed E-state index contributed by atoms with van der Waals surface area (Å²) in [6.07, 6.45) is 3.61. The fourth-order valence-corrected chi connectivity index (χ4v) is 2.80. The zero-order valence-corrected chi connectivity index (χ0v) is 13.0. The summed E-state index contributed by atoms with van der Waals surface area (Å²) >= 11 is 0. The van der Waals surface area contributed by atoms with Crippen LogP contribution in [0.25, 0.3) is 0 Å². The molecular weight excluding hydrogens is 242 g/mol. The molecule has 0 saturated carbocycles. The third-order valence-corrected chi connectivity index (χ3v) is 3.89. The minimum atomic E-state index is -0.245. The highest BCUT2D eigenvalue weighted by atomic mass is 16.5. The normalized spacial score (nSPS) is 13.6. The maximum Gasteiger partial charge on any atom is 0.161 e. The minimum absolute atomic E-state index is 0.0462. The molecule has 0 aliphatic rings. The van der Waals surface area contributed by atoms with E-state index in [2.05, 4.69) is 24.3 Å². The largest absolute Gasteiger partial charge is 0.493 e. The maximum atomic E-state index is 6.10. The quantitative estimate of drug-likeness (QED) is 0.786. The number of hydrogen-bond acceptors (Lipinski definition) is 4. The lowest BCUT2D eigenvalue weighted by Crippen LogP contribution is -2.45. The molecule has 19 heavy (non-hydrogen) atoms. The molecular formula is C14H27N3O2. The van der Waals surface area contributed by atoms with E-state index in [4.69, 9.17) is 9.47 Å². The van der Waals surface area contributed by atoms with Crippen LogP contribution in [0.5, 0.6) is 5.75 Å². The zero-order valence-electron chi connectivity index (χ0n) is 13.0. The smallest absolute Gasteiger partial charge is 0.161 e. The Balaban J connectivity index is 3.26. The molecule has 110 valence electrons. The van der Waals surface area contributed by atoms with Crippen molar-refractivity contribution >= 4 is 0 Å². The molecule has 0 bridgehead atoms. The van der Waals surface area contributed by atoms with Gasteiger partial charge in [-0.2, -0.15) is 5.10 Å². The zero-order chi connectivity index (χ0) is 14.5. The summed E-state index contributed by atoms with van der Waals surface area (Å²) in [7, 11) is 5.56. The van der Waals surface area contributed by atoms with Crippen molar-refractivity contribution in [1.29, 1.82) is 0 Å². The van der Waals surface area contributed by atoms with Crippen LogP contribution in [0, 0.1) is 0 Å². The first-order chi connectivity index (χ1) is 9.10. The fourth-order valence-electron chi connectivity index (χ4n) is 2.80. The van der Waals surface area contributed by atoms with Crippen LogP contribution in [0.1, 0.15) is 45.3 Å². The van der Waals surface area contributed by atoms with E-state index in [1.165, 1.54) is 0 Å². The van der Waals surface area contributed by atoms with Gasteiger partial charge in [-0.25, -0.2) is 0 Å². The second-order valence-corrected chi connectivity index (χ2v) is 4.65. The van der Waals surface area contributed by atoms with Gasteiger partial charge in [0.15, 0.2) is 5.75 Å². The van der Waals surface area contributed by atoms with Crippen LogP contribution in [0.2, 0.25) is 0 Å². The highest BCUT2D eigenvalue weighted by molar-refractivity contribution is 5.30. The standard InChI is InChI=1S/C14H27N3O2/c1-7-14(8-2,19-9-3)13(15-4)12-11(18-6)10-16-17(12)5/h10,13,15H,7-9H2,1-6H3. The van der Waals surface area contributed by atoms with E-state index in [1.54, 1.807) is 13.3 Å². The van der Waals surface area contributed by atoms with E-state index in [-0.39, 0.29) is 11.6 Å². The molecule has 5 nitrogen and oxygen atoms in total. The van der Waals surface area contributed by atoms with Crippen molar-refractivity contribution < 1.29 is 9.47 Å². The summed E-state index contributed by atoms with van der Waals surface area (Å²) in [6.45, 7) is 7.05. The number of ether oxygens (including phenoxy) is 2. The Morgan fingerprint density at radius 2 is 2.00 bits per heavy atom. The number of nitrogens with one attached hydrogen (secondary N) is 1. The minimum Gasteiger partial charge on any atom is -0.493 e. The van der Waals surface area contributed by atoms with Crippen molar-refractivity contribution in [2.75, 3.05) is 20.8 Å². The summed E-state index contributed by atoms with van der Waals surface area (Å²) in [5.74, 6) is 0.799. The van der Waals surface area contributed by atoms with Crippen molar-refractivity contribution in [3.05, 3.63) is 11.9 Å². The Morgan fingerprint density at radius 3 is 2.42 bits per heavy atom. The summed E-state index contributed by atoms with van der Waals surface area (Å²) < 4.78 is 13.4. The molecule has 0 saturated heterocycles. The van der Waals surface area contributed by atoms with Gasteiger partial charge < -0.3 is 14.8 Å². The monoisotopic (exact) mass is 269 g/mol. The molecule has 0 aromatic carbocycles. The number of likely N-dealkylation sites (N-methyl/N-ethyl adjacent to an activating group) is 1. The number of hydrogen-bond donors (Lipinski definition) is 1. The molecule has 0 amide bonds. The van der Waals surface area contributed by atoms with Gasteiger partial charge in [0.2, 0.25) is 0 Å². The fraction of sp³-hybridized carbons (Fsp3) is 0.786. The molecule has 1 aromatic rings. The molecule has 0 radical (unpaired) electrons. The molecule has 1 aromatic heterocycles. The second-order valence-electron chi connectivity index (χ2n) is 4.65. The van der Waals surface area contributed by atoms with Crippen LogP contribution >= 0.6 is 0 Å². The first-order valence-electron chi connectivity index (χ1n) is 6.97. The number of rotatable bonds is 8. The van der Waals surface area contributed by atoms with Gasteiger partial charge in [0.25, 0.3) is 0 Å². The van der Waals surface area contributed by atoms with Crippen LogP contribution in [0.4, 0.5) is 0 Å². The Hall–Kier alpha value is -1.07. The van der Waals surface area contributed by atoms with Gasteiger partial charge in [0.1, 0.15) is 0 Å². The molecule has 5 heteroatoms. The number of aryl methyl sites for hydroxylation is 1. The van der Waals surface area contributed by atoms with E-state index in [9.17, 15) is 0 Å². The van der Waals surface area contributed by atoms with Crippen molar-refractivity contribution in [2.24, 2.45) is 7.05 Å². The molecule has 1 atom stereocenters. The predicted molar refractivity (Wildman–Crippen MR) is 76.5 cm³/mol. The Morgan fingerprint density at radius 1 is 1.37 bits per heavy atom. The molecule has 1 unspecified atom stereocenters. The number of aromatic nitrogens is 2. The second kappa shape index (κ2) is 6.91. The van der Waals surface area contributed by atoms with Crippen molar-refractivity contribution in [3.8, 4) is 5.75 Å². The van der Waals surface area contributed by atoms with Crippen LogP contribution in [0.3, 0.4) is 0 Å². The molecule has 1 heterocycles. The molecule has 0 fully saturated rings. The third-order valence-electron chi connectivity index (χ3n) is 3.89. The third kappa shape index (κ3) is 2.92. The summed E-state index contributed by atoms with van der Waals surface area (Å²) in [5.41, 5.74) is 0.784. The lowest BCUT2D eigenvalue weighted by Gasteiger charge is -2.39. The maximum absolute atomic E-state index is 6.10. The first kappa shape index (κ1) is 16.0. The molecule has 0 spiro atoms. The van der Waals surface area contributed by atoms with Gasteiger partial charge in [-0.3, -0.25) is 4.68 Å². The highest BCUT2D eigenvalue weighted by Crippen LogP contribution is 2.38. The molecule has 1 rings (SSSR count).